The van der Waals surface area contributed by atoms with Crippen LogP contribution in [-0.4, -0.2) is 24.7 Å². The van der Waals surface area contributed by atoms with Crippen molar-refractivity contribution < 1.29 is 14.3 Å². The molecule has 4 aromatic rings. The third kappa shape index (κ3) is 4.88. The molecule has 1 amide bonds. The number of fused-ring (bicyclic) bond motifs is 1. The van der Waals surface area contributed by atoms with Gasteiger partial charge in [-0.05, 0) is 60.5 Å². The zero-order chi connectivity index (χ0) is 26.8. The van der Waals surface area contributed by atoms with Crippen LogP contribution in [0.2, 0.25) is 5.02 Å². The van der Waals surface area contributed by atoms with E-state index in [1.807, 2.05) is 60.7 Å². The number of rotatable bonds is 6. The first-order chi connectivity index (χ1) is 18.4. The zero-order valence-corrected chi connectivity index (χ0v) is 22.5. The molecule has 0 bridgehead atoms. The van der Waals surface area contributed by atoms with Crippen molar-refractivity contribution in [2.24, 2.45) is 4.99 Å². The van der Waals surface area contributed by atoms with Crippen LogP contribution in [0, 0.1) is 0 Å². The van der Waals surface area contributed by atoms with Crippen LogP contribution in [0.15, 0.2) is 93.9 Å². The third-order valence-corrected chi connectivity index (χ3v) is 7.48. The van der Waals surface area contributed by atoms with Crippen LogP contribution in [0.4, 0.5) is 5.69 Å². The number of carbonyl (C=O) groups is 1. The van der Waals surface area contributed by atoms with Crippen LogP contribution in [0.1, 0.15) is 24.1 Å². The van der Waals surface area contributed by atoms with E-state index in [0.717, 1.165) is 11.1 Å². The van der Waals surface area contributed by atoms with Gasteiger partial charge in [0.25, 0.3) is 11.5 Å². The quantitative estimate of drug-likeness (QED) is 0.385. The smallest absolute Gasteiger partial charge is 0.271 e. The Balaban J connectivity index is 1.66. The lowest BCUT2D eigenvalue weighted by atomic mass is 9.95. The number of methoxy groups -OCH3 is 2. The van der Waals surface area contributed by atoms with Crippen molar-refractivity contribution in [1.82, 2.24) is 4.57 Å². The number of anilines is 1. The van der Waals surface area contributed by atoms with Gasteiger partial charge in [0.15, 0.2) is 4.80 Å². The molecule has 0 fully saturated rings. The highest BCUT2D eigenvalue weighted by Gasteiger charge is 2.32. The molecule has 38 heavy (non-hydrogen) atoms. The number of ether oxygens (including phenoxy) is 2. The van der Waals surface area contributed by atoms with Gasteiger partial charge >= 0.3 is 0 Å². The molecular weight excluding hydrogens is 522 g/mol. The number of aromatic nitrogens is 1. The van der Waals surface area contributed by atoms with E-state index in [4.69, 9.17) is 21.1 Å². The molecule has 7 nitrogen and oxygen atoms in total. The molecule has 1 aromatic heterocycles. The van der Waals surface area contributed by atoms with Crippen molar-refractivity contribution in [3.8, 4) is 11.5 Å². The summed E-state index contributed by atoms with van der Waals surface area (Å²) in [7, 11) is 3.14. The molecule has 1 N–H and O–H groups in total. The molecule has 2 heterocycles. The molecule has 1 aliphatic rings. The van der Waals surface area contributed by atoms with Crippen LogP contribution in [0.5, 0.6) is 11.5 Å². The van der Waals surface area contributed by atoms with Crippen LogP contribution >= 0.6 is 22.9 Å². The average Bonchev–Trinajstić information content (AvgIpc) is 3.22. The van der Waals surface area contributed by atoms with Gasteiger partial charge in [-0.2, -0.15) is 0 Å². The summed E-state index contributed by atoms with van der Waals surface area (Å²) in [4.78, 5) is 32.6. The van der Waals surface area contributed by atoms with E-state index in [-0.39, 0.29) is 11.5 Å². The maximum absolute atomic E-state index is 13.8. The van der Waals surface area contributed by atoms with Crippen LogP contribution < -0.4 is 29.7 Å². The van der Waals surface area contributed by atoms with Crippen molar-refractivity contribution in [2.75, 3.05) is 19.5 Å². The molecule has 5 rings (SSSR count). The molecule has 9 heteroatoms. The first-order valence-corrected chi connectivity index (χ1v) is 13.0. The van der Waals surface area contributed by atoms with Crippen molar-refractivity contribution in [1.29, 1.82) is 0 Å². The summed E-state index contributed by atoms with van der Waals surface area (Å²) in [6.07, 6.45) is 1.77. The lowest BCUT2D eigenvalue weighted by Gasteiger charge is -2.25. The number of nitrogens with zero attached hydrogens (tertiary/aromatic N) is 2. The fraction of sp³-hybridized carbons (Fsp3) is 0.138. The summed E-state index contributed by atoms with van der Waals surface area (Å²) in [6, 6.07) is 21.2. The van der Waals surface area contributed by atoms with E-state index < -0.39 is 6.04 Å². The number of benzene rings is 3. The third-order valence-electron chi connectivity index (χ3n) is 6.20. The largest absolute Gasteiger partial charge is 0.497 e. The Morgan fingerprint density at radius 3 is 2.45 bits per heavy atom. The van der Waals surface area contributed by atoms with Crippen molar-refractivity contribution in [2.45, 2.75) is 13.0 Å². The van der Waals surface area contributed by atoms with Gasteiger partial charge < -0.3 is 14.8 Å². The minimum absolute atomic E-state index is 0.251. The van der Waals surface area contributed by atoms with E-state index in [1.54, 1.807) is 43.9 Å². The predicted molar refractivity (Wildman–Crippen MR) is 150 cm³/mol. The summed E-state index contributed by atoms with van der Waals surface area (Å²) in [6.45, 7) is 1.79. The van der Waals surface area contributed by atoms with E-state index in [1.165, 1.54) is 11.3 Å². The Kier molecular flexibility index (Phi) is 7.18. The monoisotopic (exact) mass is 545 g/mol. The number of hydrogen-bond donors (Lipinski definition) is 1. The van der Waals surface area contributed by atoms with Gasteiger partial charge in [0.1, 0.15) is 11.5 Å². The first-order valence-electron chi connectivity index (χ1n) is 11.8. The number of hydrogen-bond acceptors (Lipinski definition) is 6. The van der Waals surface area contributed by atoms with Gasteiger partial charge in [0.05, 0.1) is 41.1 Å². The Bertz CT molecular complexity index is 1720. The second-order valence-electron chi connectivity index (χ2n) is 8.57. The van der Waals surface area contributed by atoms with Crippen molar-refractivity contribution >= 4 is 40.6 Å². The first kappa shape index (κ1) is 25.5. The summed E-state index contributed by atoms with van der Waals surface area (Å²) in [5.74, 6) is 0.900. The number of carbonyl (C=O) groups excluding carboxylic acids is 1. The molecule has 0 spiro atoms. The van der Waals surface area contributed by atoms with Crippen molar-refractivity contribution in [3.05, 3.63) is 120 Å². The highest BCUT2D eigenvalue weighted by Crippen LogP contribution is 2.32. The second kappa shape index (κ2) is 10.7. The van der Waals surface area contributed by atoms with Crippen molar-refractivity contribution in [3.63, 3.8) is 0 Å². The number of thiazole rings is 1. The lowest BCUT2D eigenvalue weighted by molar-refractivity contribution is -0.113. The average molecular weight is 546 g/mol. The summed E-state index contributed by atoms with van der Waals surface area (Å²) in [5, 5.41) is 3.40. The molecule has 1 aliphatic heterocycles. The predicted octanol–water partition coefficient (Wildman–Crippen LogP) is 4.54. The van der Waals surface area contributed by atoms with E-state index in [2.05, 4.69) is 10.3 Å². The topological polar surface area (TPSA) is 81.9 Å². The van der Waals surface area contributed by atoms with Gasteiger partial charge in [-0.3, -0.25) is 14.2 Å². The van der Waals surface area contributed by atoms with Crippen LogP contribution in [0.25, 0.3) is 6.08 Å². The molecule has 1 atom stereocenters. The van der Waals surface area contributed by atoms with Crippen LogP contribution in [0.3, 0.4) is 0 Å². The SMILES string of the molecule is COc1ccc([C@@H]2C(C(=O)Nc3ccccc3)=C(C)N=c3s/c(=C\c4ccc(OC)c(Cl)c4)c(=O)n32)cc1. The van der Waals surface area contributed by atoms with E-state index in [0.29, 0.717) is 42.8 Å². The maximum Gasteiger partial charge on any atom is 0.271 e. The second-order valence-corrected chi connectivity index (χ2v) is 9.99. The Morgan fingerprint density at radius 1 is 1.05 bits per heavy atom. The Hall–Kier alpha value is -4.14. The van der Waals surface area contributed by atoms with Gasteiger partial charge in [-0.25, -0.2) is 4.99 Å². The number of para-hydroxylation sites is 1. The lowest BCUT2D eigenvalue weighted by Crippen LogP contribution is -2.40. The fourth-order valence-electron chi connectivity index (χ4n) is 4.36. The van der Waals surface area contributed by atoms with Gasteiger partial charge in [0, 0.05) is 5.69 Å². The minimum Gasteiger partial charge on any atom is -0.497 e. The molecule has 192 valence electrons. The van der Waals surface area contributed by atoms with E-state index >= 15 is 0 Å². The highest BCUT2D eigenvalue weighted by atomic mass is 35.5. The van der Waals surface area contributed by atoms with E-state index in [9.17, 15) is 9.59 Å². The number of halogens is 1. The zero-order valence-electron chi connectivity index (χ0n) is 20.9. The molecule has 0 aliphatic carbocycles. The minimum atomic E-state index is -0.678. The molecule has 3 aromatic carbocycles. The normalized spacial score (nSPS) is 15.1. The standard InChI is InChI=1S/C29H24ClN3O4S/c1-17-25(27(34)32-20-7-5-4-6-8-20)26(19-10-12-21(36-2)13-11-19)33-28(35)24(38-29(33)31-17)16-18-9-14-23(37-3)22(30)15-18/h4-16,26H,1-3H3,(H,32,34)/b24-16-/t26-/m1/s1. The Morgan fingerprint density at radius 2 is 1.79 bits per heavy atom. The number of amides is 1. The van der Waals surface area contributed by atoms with Gasteiger partial charge in [-0.15, -0.1) is 0 Å². The summed E-state index contributed by atoms with van der Waals surface area (Å²) < 4.78 is 12.6. The summed E-state index contributed by atoms with van der Waals surface area (Å²) >= 11 is 7.56. The van der Waals surface area contributed by atoms with Gasteiger partial charge in [-0.1, -0.05) is 59.3 Å². The Labute approximate surface area is 228 Å². The maximum atomic E-state index is 13.8. The highest BCUT2D eigenvalue weighted by molar-refractivity contribution is 7.07. The van der Waals surface area contributed by atoms with Gasteiger partial charge in [0.2, 0.25) is 0 Å². The van der Waals surface area contributed by atoms with Crippen LogP contribution in [-0.2, 0) is 4.79 Å². The molecule has 0 radical (unpaired) electrons. The molecule has 0 saturated carbocycles. The molecular formula is C29H24ClN3O4S. The fourth-order valence-corrected chi connectivity index (χ4v) is 5.67. The number of nitrogens with one attached hydrogen (secondary N) is 1. The molecule has 0 saturated heterocycles. The summed E-state index contributed by atoms with van der Waals surface area (Å²) in [5.41, 5.74) is 2.85. The number of allylic oxidation sites excluding steroid dienone is 1. The molecule has 0 unspecified atom stereocenters.